The zero-order valence-corrected chi connectivity index (χ0v) is 11.6. The van der Waals surface area contributed by atoms with Crippen molar-refractivity contribution < 1.29 is 14.4 Å². The van der Waals surface area contributed by atoms with Crippen molar-refractivity contribution in [3.05, 3.63) is 22.3 Å². The molecule has 0 fully saturated rings. The molecule has 0 aliphatic heterocycles. The van der Waals surface area contributed by atoms with Gasteiger partial charge >= 0.3 is 0 Å². The summed E-state index contributed by atoms with van der Waals surface area (Å²) in [5, 5.41) is 0. The van der Waals surface area contributed by atoms with Crippen LogP contribution in [-0.4, -0.2) is 17.3 Å². The maximum absolute atomic E-state index is 12.1. The predicted molar refractivity (Wildman–Crippen MR) is 70.2 cm³/mol. The average molecular weight is 248 g/mol. The van der Waals surface area contributed by atoms with Crippen LogP contribution in [0.15, 0.2) is 22.3 Å². The number of unbranched alkanes of at least 4 members (excludes halogenated alkanes) is 2. The number of hydrogen-bond donors (Lipinski definition) is 0. The SMILES string of the molecule is CCCCCC(=O)C1=C(C)C(=O)C(C)=C(C)C1=O. The molecule has 98 valence electrons. The number of carbonyl (C=O) groups excluding carboxylic acids is 3. The zero-order valence-electron chi connectivity index (χ0n) is 11.6. The first-order valence-electron chi connectivity index (χ1n) is 6.42. The molecule has 0 aromatic carbocycles. The maximum Gasteiger partial charge on any atom is 0.193 e. The van der Waals surface area contributed by atoms with Gasteiger partial charge in [-0.25, -0.2) is 0 Å². The Kier molecular flexibility index (Phi) is 4.76. The van der Waals surface area contributed by atoms with Crippen molar-refractivity contribution in [1.29, 1.82) is 0 Å². The highest BCUT2D eigenvalue weighted by Gasteiger charge is 2.31. The highest BCUT2D eigenvalue weighted by atomic mass is 16.2. The van der Waals surface area contributed by atoms with Crippen LogP contribution in [0.25, 0.3) is 0 Å². The Morgan fingerprint density at radius 1 is 0.889 bits per heavy atom. The zero-order chi connectivity index (χ0) is 13.9. The molecule has 0 spiro atoms. The summed E-state index contributed by atoms with van der Waals surface area (Å²) in [5.74, 6) is -0.636. The van der Waals surface area contributed by atoms with Gasteiger partial charge in [-0.15, -0.1) is 0 Å². The topological polar surface area (TPSA) is 51.2 Å². The Hall–Kier alpha value is -1.51. The standard InChI is InChI=1S/C15H20O3/c1-5-6-7-8-12(16)13-11(4)14(17)9(2)10(3)15(13)18/h5-8H2,1-4H3. The van der Waals surface area contributed by atoms with Crippen molar-refractivity contribution in [3.63, 3.8) is 0 Å². The van der Waals surface area contributed by atoms with Crippen LogP contribution in [-0.2, 0) is 14.4 Å². The molecule has 0 unspecified atom stereocenters. The predicted octanol–water partition coefficient (Wildman–Crippen LogP) is 2.94. The molecular weight excluding hydrogens is 228 g/mol. The van der Waals surface area contributed by atoms with E-state index in [1.807, 2.05) is 0 Å². The fourth-order valence-corrected chi connectivity index (χ4v) is 2.09. The normalized spacial score (nSPS) is 16.7. The molecule has 0 saturated heterocycles. The number of rotatable bonds is 5. The third kappa shape index (κ3) is 2.66. The number of hydrogen-bond acceptors (Lipinski definition) is 3. The summed E-state index contributed by atoms with van der Waals surface area (Å²) in [6, 6.07) is 0. The quantitative estimate of drug-likeness (QED) is 0.427. The van der Waals surface area contributed by atoms with Crippen LogP contribution in [0.5, 0.6) is 0 Å². The molecule has 0 atom stereocenters. The van der Waals surface area contributed by atoms with Gasteiger partial charge in [0.2, 0.25) is 0 Å². The highest BCUT2D eigenvalue weighted by molar-refractivity contribution is 6.35. The van der Waals surface area contributed by atoms with Crippen molar-refractivity contribution in [2.24, 2.45) is 0 Å². The lowest BCUT2D eigenvalue weighted by Crippen LogP contribution is -2.25. The molecule has 0 bridgehead atoms. The first-order valence-corrected chi connectivity index (χ1v) is 6.42. The Bertz CT molecular complexity index is 464. The molecular formula is C15H20O3. The van der Waals surface area contributed by atoms with E-state index in [9.17, 15) is 14.4 Å². The molecule has 0 N–H and O–H groups in total. The van der Waals surface area contributed by atoms with Gasteiger partial charge in [0.25, 0.3) is 0 Å². The lowest BCUT2D eigenvalue weighted by molar-refractivity contribution is -0.122. The van der Waals surface area contributed by atoms with E-state index in [4.69, 9.17) is 0 Å². The number of ketones is 3. The number of Topliss-reactive ketones (excluding diaryl/α,β-unsaturated/α-hetero) is 3. The van der Waals surface area contributed by atoms with Crippen LogP contribution in [0.4, 0.5) is 0 Å². The summed E-state index contributed by atoms with van der Waals surface area (Å²) < 4.78 is 0. The minimum atomic E-state index is -0.272. The average Bonchev–Trinajstić information content (AvgIpc) is 2.34. The van der Waals surface area contributed by atoms with Gasteiger partial charge < -0.3 is 0 Å². The largest absolute Gasteiger partial charge is 0.294 e. The van der Waals surface area contributed by atoms with Gasteiger partial charge in [0.05, 0.1) is 5.57 Å². The molecule has 0 heterocycles. The molecule has 0 radical (unpaired) electrons. The van der Waals surface area contributed by atoms with E-state index in [0.29, 0.717) is 23.1 Å². The molecule has 0 aromatic rings. The number of allylic oxidation sites excluding steroid dienone is 4. The van der Waals surface area contributed by atoms with Crippen molar-refractivity contribution in [2.45, 2.75) is 53.4 Å². The van der Waals surface area contributed by atoms with E-state index in [1.165, 1.54) is 0 Å². The molecule has 18 heavy (non-hydrogen) atoms. The monoisotopic (exact) mass is 248 g/mol. The molecule has 0 saturated carbocycles. The van der Waals surface area contributed by atoms with Gasteiger partial charge in [0.1, 0.15) is 0 Å². The van der Waals surface area contributed by atoms with Gasteiger partial charge in [-0.2, -0.15) is 0 Å². The van der Waals surface area contributed by atoms with Crippen LogP contribution in [0.2, 0.25) is 0 Å². The second-order valence-electron chi connectivity index (χ2n) is 4.79. The van der Waals surface area contributed by atoms with Gasteiger partial charge in [-0.3, -0.25) is 14.4 Å². The van der Waals surface area contributed by atoms with Crippen LogP contribution < -0.4 is 0 Å². The summed E-state index contributed by atoms with van der Waals surface area (Å²) in [4.78, 5) is 36.0. The maximum atomic E-state index is 12.1. The van der Waals surface area contributed by atoms with Crippen LogP contribution in [0.1, 0.15) is 53.4 Å². The highest BCUT2D eigenvalue weighted by Crippen LogP contribution is 2.25. The van der Waals surface area contributed by atoms with Crippen LogP contribution in [0.3, 0.4) is 0 Å². The Balaban J connectivity index is 2.97. The second-order valence-corrected chi connectivity index (χ2v) is 4.79. The molecule has 3 nitrogen and oxygen atoms in total. The molecule has 0 aromatic heterocycles. The van der Waals surface area contributed by atoms with E-state index in [2.05, 4.69) is 6.92 Å². The summed E-state index contributed by atoms with van der Waals surface area (Å²) in [5.41, 5.74) is 1.29. The summed E-state index contributed by atoms with van der Waals surface area (Å²) in [6.45, 7) is 6.88. The molecule has 0 amide bonds. The minimum Gasteiger partial charge on any atom is -0.294 e. The smallest absolute Gasteiger partial charge is 0.193 e. The molecule has 1 rings (SSSR count). The van der Waals surface area contributed by atoms with Crippen LogP contribution in [0, 0.1) is 0 Å². The molecule has 1 aliphatic carbocycles. The Morgan fingerprint density at radius 3 is 2.00 bits per heavy atom. The second kappa shape index (κ2) is 5.89. The van der Waals surface area contributed by atoms with Gasteiger partial charge in [0.15, 0.2) is 17.3 Å². The fourth-order valence-electron chi connectivity index (χ4n) is 2.09. The van der Waals surface area contributed by atoms with E-state index in [1.54, 1.807) is 20.8 Å². The minimum absolute atomic E-state index is 0.110. The lowest BCUT2D eigenvalue weighted by atomic mass is 9.83. The van der Waals surface area contributed by atoms with E-state index in [-0.39, 0.29) is 22.9 Å². The Labute approximate surface area is 108 Å². The van der Waals surface area contributed by atoms with E-state index < -0.39 is 0 Å². The Morgan fingerprint density at radius 2 is 1.44 bits per heavy atom. The van der Waals surface area contributed by atoms with Crippen molar-refractivity contribution in [3.8, 4) is 0 Å². The van der Waals surface area contributed by atoms with Crippen LogP contribution >= 0.6 is 0 Å². The van der Waals surface area contributed by atoms with Gasteiger partial charge in [0, 0.05) is 23.1 Å². The summed E-state index contributed by atoms with van der Waals surface area (Å²) in [7, 11) is 0. The third-order valence-electron chi connectivity index (χ3n) is 3.47. The lowest BCUT2D eigenvalue weighted by Gasteiger charge is -2.17. The van der Waals surface area contributed by atoms with Crippen molar-refractivity contribution in [1.82, 2.24) is 0 Å². The number of carbonyl (C=O) groups is 3. The van der Waals surface area contributed by atoms with E-state index >= 15 is 0 Å². The molecule has 3 heteroatoms. The first-order chi connectivity index (χ1) is 8.41. The van der Waals surface area contributed by atoms with Crippen molar-refractivity contribution in [2.75, 3.05) is 0 Å². The van der Waals surface area contributed by atoms with E-state index in [0.717, 1.165) is 19.3 Å². The summed E-state index contributed by atoms with van der Waals surface area (Å²) >= 11 is 0. The third-order valence-corrected chi connectivity index (χ3v) is 3.47. The summed E-state index contributed by atoms with van der Waals surface area (Å²) in [6.07, 6.45) is 3.12. The van der Waals surface area contributed by atoms with Gasteiger partial charge in [-0.1, -0.05) is 19.8 Å². The molecule has 1 aliphatic rings. The van der Waals surface area contributed by atoms with Crippen molar-refractivity contribution >= 4 is 17.3 Å². The first kappa shape index (κ1) is 14.6. The van der Waals surface area contributed by atoms with Gasteiger partial charge in [-0.05, 0) is 27.2 Å². The fraction of sp³-hybridized carbons (Fsp3) is 0.533.